The molecule has 174 valence electrons. The summed E-state index contributed by atoms with van der Waals surface area (Å²) >= 11 is 0. The van der Waals surface area contributed by atoms with Crippen LogP contribution in [0.15, 0.2) is 140 Å². The van der Waals surface area contributed by atoms with Crippen molar-refractivity contribution in [3.8, 4) is 5.75 Å². The fourth-order valence-electron chi connectivity index (χ4n) is 4.92. The molecule has 0 bridgehead atoms. The first-order valence-corrected chi connectivity index (χ1v) is 12.4. The minimum Gasteiger partial charge on any atom is -0.496 e. The third-order valence-corrected chi connectivity index (χ3v) is 6.63. The number of aryl methyl sites for hydroxylation is 1. The van der Waals surface area contributed by atoms with Gasteiger partial charge in [0.15, 0.2) is 0 Å². The van der Waals surface area contributed by atoms with Gasteiger partial charge in [0.2, 0.25) is 6.71 Å². The molecule has 0 saturated heterocycles. The van der Waals surface area contributed by atoms with Crippen LogP contribution in [0.25, 0.3) is 11.0 Å². The highest BCUT2D eigenvalue weighted by atomic mass is 16.5. The Labute approximate surface area is 214 Å². The molecule has 5 rings (SSSR count). The molecule has 0 fully saturated rings. The molecule has 0 aliphatic heterocycles. The van der Waals surface area contributed by atoms with Gasteiger partial charge < -0.3 is 4.74 Å². The molecule has 5 aromatic rings. The van der Waals surface area contributed by atoms with Crippen LogP contribution in [0.2, 0.25) is 0 Å². The summed E-state index contributed by atoms with van der Waals surface area (Å²) in [5.41, 5.74) is 9.61. The van der Waals surface area contributed by atoms with Gasteiger partial charge in [-0.1, -0.05) is 155 Å². The highest BCUT2D eigenvalue weighted by molar-refractivity contribution is 7.00. The van der Waals surface area contributed by atoms with E-state index in [9.17, 15) is 0 Å². The third kappa shape index (κ3) is 4.90. The van der Waals surface area contributed by atoms with Crippen molar-refractivity contribution in [2.45, 2.75) is 6.92 Å². The standard InChI is InChI=1S/C34H29BO/c1-26-22-24-27(25-23-26)33(31-20-12-13-21-32(31)36-2)34(28-14-6-3-7-15-28)35(29-16-8-4-9-17-29)30-18-10-5-11-19-30/h3-25H,1-2H3/b34-33-. The van der Waals surface area contributed by atoms with E-state index in [4.69, 9.17) is 4.74 Å². The van der Waals surface area contributed by atoms with Gasteiger partial charge in [0.05, 0.1) is 7.11 Å². The molecule has 0 saturated carbocycles. The smallest absolute Gasteiger partial charge is 0.242 e. The number of ether oxygens (including phenoxy) is 1. The fourth-order valence-corrected chi connectivity index (χ4v) is 4.92. The molecule has 0 N–H and O–H groups in total. The zero-order valence-corrected chi connectivity index (χ0v) is 20.8. The average Bonchev–Trinajstić information content (AvgIpc) is 2.95. The summed E-state index contributed by atoms with van der Waals surface area (Å²) in [6.07, 6.45) is 0. The quantitative estimate of drug-likeness (QED) is 0.190. The van der Waals surface area contributed by atoms with Crippen LogP contribution in [0.3, 0.4) is 0 Å². The Hall–Kier alpha value is -4.30. The first-order chi connectivity index (χ1) is 17.8. The van der Waals surface area contributed by atoms with E-state index >= 15 is 0 Å². The number of hydrogen-bond donors (Lipinski definition) is 0. The van der Waals surface area contributed by atoms with Gasteiger partial charge in [-0.2, -0.15) is 0 Å². The lowest BCUT2D eigenvalue weighted by molar-refractivity contribution is 0.413. The molecule has 0 heterocycles. The van der Waals surface area contributed by atoms with E-state index in [-0.39, 0.29) is 6.71 Å². The molecule has 0 spiro atoms. The van der Waals surface area contributed by atoms with Crippen molar-refractivity contribution in [3.05, 3.63) is 162 Å². The number of rotatable bonds is 7. The van der Waals surface area contributed by atoms with Gasteiger partial charge in [-0.05, 0) is 29.7 Å². The average molecular weight is 464 g/mol. The molecule has 1 nitrogen and oxygen atoms in total. The van der Waals surface area contributed by atoms with Gasteiger partial charge in [0.1, 0.15) is 5.75 Å². The molecule has 0 aliphatic carbocycles. The van der Waals surface area contributed by atoms with Gasteiger partial charge in [-0.3, -0.25) is 0 Å². The largest absolute Gasteiger partial charge is 0.496 e. The van der Waals surface area contributed by atoms with Crippen molar-refractivity contribution in [1.82, 2.24) is 0 Å². The lowest BCUT2D eigenvalue weighted by Crippen LogP contribution is -2.44. The van der Waals surface area contributed by atoms with Crippen molar-refractivity contribution < 1.29 is 4.74 Å². The van der Waals surface area contributed by atoms with E-state index < -0.39 is 0 Å². The van der Waals surface area contributed by atoms with E-state index in [1.807, 2.05) is 12.1 Å². The Morgan fingerprint density at radius 1 is 0.528 bits per heavy atom. The highest BCUT2D eigenvalue weighted by Crippen LogP contribution is 2.38. The summed E-state index contributed by atoms with van der Waals surface area (Å²) in [6.45, 7) is 2.15. The number of hydrogen-bond acceptors (Lipinski definition) is 1. The second kappa shape index (κ2) is 11.0. The maximum atomic E-state index is 5.91. The van der Waals surface area contributed by atoms with Crippen molar-refractivity contribution in [1.29, 1.82) is 0 Å². The van der Waals surface area contributed by atoms with E-state index in [1.165, 1.54) is 38.7 Å². The summed E-state index contributed by atoms with van der Waals surface area (Å²) < 4.78 is 5.91. The van der Waals surface area contributed by atoms with E-state index in [0.717, 1.165) is 11.3 Å². The lowest BCUT2D eigenvalue weighted by atomic mass is 9.34. The predicted octanol–water partition coefficient (Wildman–Crippen LogP) is 6.81. The van der Waals surface area contributed by atoms with Crippen LogP contribution in [0, 0.1) is 6.92 Å². The summed E-state index contributed by atoms with van der Waals surface area (Å²) in [7, 11) is 1.75. The summed E-state index contributed by atoms with van der Waals surface area (Å²) in [5, 5.41) is 0. The molecule has 36 heavy (non-hydrogen) atoms. The summed E-state index contributed by atoms with van der Waals surface area (Å²) in [6, 6.07) is 49.5. The van der Waals surface area contributed by atoms with Gasteiger partial charge >= 0.3 is 0 Å². The molecule has 0 unspecified atom stereocenters. The Kier molecular flexibility index (Phi) is 7.14. The third-order valence-electron chi connectivity index (χ3n) is 6.63. The Bertz CT molecular complexity index is 1400. The zero-order valence-electron chi connectivity index (χ0n) is 20.8. The minimum absolute atomic E-state index is 0.0241. The SMILES string of the molecule is COc1ccccc1/C(=C(\B(c1ccccc1)c1ccccc1)c1ccccc1)c1ccc(C)cc1. The maximum Gasteiger partial charge on any atom is 0.242 e. The van der Waals surface area contributed by atoms with Crippen LogP contribution >= 0.6 is 0 Å². The van der Waals surface area contributed by atoms with Gasteiger partial charge in [0.25, 0.3) is 0 Å². The van der Waals surface area contributed by atoms with Crippen molar-refractivity contribution in [2.24, 2.45) is 0 Å². The summed E-state index contributed by atoms with van der Waals surface area (Å²) in [5.74, 6) is 0.862. The van der Waals surface area contributed by atoms with Gasteiger partial charge in [-0.15, -0.1) is 0 Å². The highest BCUT2D eigenvalue weighted by Gasteiger charge is 2.29. The first kappa shape index (κ1) is 23.4. The number of benzene rings is 5. The maximum absolute atomic E-state index is 5.91. The summed E-state index contributed by atoms with van der Waals surface area (Å²) in [4.78, 5) is 0. The second-order valence-corrected chi connectivity index (χ2v) is 8.98. The zero-order chi connectivity index (χ0) is 24.7. The monoisotopic (exact) mass is 464 g/mol. The molecular weight excluding hydrogens is 435 g/mol. The van der Waals surface area contributed by atoms with Crippen LogP contribution in [-0.2, 0) is 0 Å². The van der Waals surface area contributed by atoms with Crippen molar-refractivity contribution in [3.63, 3.8) is 0 Å². The van der Waals surface area contributed by atoms with Gasteiger partial charge in [0, 0.05) is 5.56 Å². The normalized spacial score (nSPS) is 11.5. The molecule has 0 aromatic heterocycles. The first-order valence-electron chi connectivity index (χ1n) is 12.4. The number of para-hydroxylation sites is 1. The topological polar surface area (TPSA) is 9.23 Å². The van der Waals surface area contributed by atoms with Crippen LogP contribution in [-0.4, -0.2) is 13.8 Å². The van der Waals surface area contributed by atoms with Crippen molar-refractivity contribution in [2.75, 3.05) is 7.11 Å². The molecule has 0 aliphatic rings. The lowest BCUT2D eigenvalue weighted by Gasteiger charge is -2.25. The van der Waals surface area contributed by atoms with Crippen LogP contribution in [0.1, 0.15) is 22.3 Å². The molecule has 0 radical (unpaired) electrons. The molecule has 2 heteroatoms. The predicted molar refractivity (Wildman–Crippen MR) is 154 cm³/mol. The molecule has 0 amide bonds. The molecular formula is C34H29BO. The second-order valence-electron chi connectivity index (χ2n) is 8.98. The Morgan fingerprint density at radius 3 is 1.58 bits per heavy atom. The van der Waals surface area contributed by atoms with Crippen LogP contribution < -0.4 is 15.7 Å². The van der Waals surface area contributed by atoms with Crippen molar-refractivity contribution >= 4 is 28.7 Å². The van der Waals surface area contributed by atoms with E-state index in [0.29, 0.717) is 0 Å². The Morgan fingerprint density at radius 2 is 1.03 bits per heavy atom. The van der Waals surface area contributed by atoms with Crippen LogP contribution in [0.4, 0.5) is 0 Å². The van der Waals surface area contributed by atoms with Gasteiger partial charge in [-0.25, -0.2) is 0 Å². The van der Waals surface area contributed by atoms with E-state index in [1.54, 1.807) is 7.11 Å². The Balaban J connectivity index is 1.94. The minimum atomic E-state index is 0.0241. The molecule has 5 aromatic carbocycles. The number of methoxy groups -OCH3 is 1. The van der Waals surface area contributed by atoms with Crippen LogP contribution in [0.5, 0.6) is 5.75 Å². The molecule has 0 atom stereocenters. The fraction of sp³-hybridized carbons (Fsp3) is 0.0588. The van der Waals surface area contributed by atoms with E-state index in [2.05, 4.69) is 134 Å².